The van der Waals surface area contributed by atoms with Crippen molar-refractivity contribution in [1.29, 1.82) is 0 Å². The lowest BCUT2D eigenvalue weighted by molar-refractivity contribution is -0.111. The number of imidazole rings is 1. The number of hydrogen-bond acceptors (Lipinski definition) is 5. The van der Waals surface area contributed by atoms with E-state index in [2.05, 4.69) is 51.0 Å². The van der Waals surface area contributed by atoms with Crippen molar-refractivity contribution >= 4 is 33.5 Å². The molecule has 1 aliphatic rings. The van der Waals surface area contributed by atoms with Crippen LogP contribution in [0.3, 0.4) is 0 Å². The van der Waals surface area contributed by atoms with Gasteiger partial charge in [0.1, 0.15) is 0 Å². The highest BCUT2D eigenvalue weighted by molar-refractivity contribution is 6.00. The number of carbonyl (C=O) groups excluding carboxylic acids is 1. The van der Waals surface area contributed by atoms with Crippen molar-refractivity contribution in [3.63, 3.8) is 0 Å². The molecule has 1 fully saturated rings. The quantitative estimate of drug-likeness (QED) is 0.200. The van der Waals surface area contributed by atoms with Crippen LogP contribution >= 0.6 is 0 Å². The highest BCUT2D eigenvalue weighted by Crippen LogP contribution is 2.33. The minimum Gasteiger partial charge on any atom is -0.328 e. The fourth-order valence-electron chi connectivity index (χ4n) is 6.29. The number of aromatic nitrogens is 4. The second-order valence-corrected chi connectivity index (χ2v) is 11.4. The monoisotopic (exact) mass is 596 g/mol. The molecule has 3 aromatic heterocycles. The van der Waals surface area contributed by atoms with Gasteiger partial charge in [-0.2, -0.15) is 0 Å². The number of hydrogen-bond donors (Lipinski definition) is 3. The number of nitrogens with zero attached hydrogens (tertiary/aromatic N) is 3. The highest BCUT2D eigenvalue weighted by atomic mass is 16.2. The zero-order valence-electron chi connectivity index (χ0n) is 24.6. The van der Waals surface area contributed by atoms with Gasteiger partial charge < -0.3 is 15.3 Å². The maximum absolute atomic E-state index is 12.9. The molecular formula is C36H32N6O3. The summed E-state index contributed by atoms with van der Waals surface area (Å²) in [6.07, 6.45) is 4.54. The molecule has 4 heterocycles. The molecule has 3 N–H and O–H groups in total. The summed E-state index contributed by atoms with van der Waals surface area (Å²) in [5.74, 6) is -0.290. The minimum atomic E-state index is -0.290. The average molecular weight is 597 g/mol. The van der Waals surface area contributed by atoms with Crippen molar-refractivity contribution in [3.8, 4) is 22.4 Å². The maximum atomic E-state index is 12.9. The van der Waals surface area contributed by atoms with E-state index >= 15 is 0 Å². The molecule has 3 aromatic carbocycles. The number of H-pyrrole nitrogens is 2. The number of nitrogens with one attached hydrogen (secondary N) is 3. The van der Waals surface area contributed by atoms with Crippen LogP contribution in [-0.2, 0) is 11.3 Å². The molecule has 224 valence electrons. The predicted octanol–water partition coefficient (Wildman–Crippen LogP) is 5.86. The number of rotatable bonds is 7. The van der Waals surface area contributed by atoms with Gasteiger partial charge in [0, 0.05) is 48.7 Å². The Hall–Kier alpha value is -5.54. The van der Waals surface area contributed by atoms with Crippen molar-refractivity contribution in [2.45, 2.75) is 25.4 Å². The van der Waals surface area contributed by atoms with Crippen LogP contribution in [-0.4, -0.2) is 43.4 Å². The summed E-state index contributed by atoms with van der Waals surface area (Å²) >= 11 is 0. The largest absolute Gasteiger partial charge is 0.328 e. The molecule has 45 heavy (non-hydrogen) atoms. The molecule has 1 aliphatic heterocycles. The summed E-state index contributed by atoms with van der Waals surface area (Å²) in [5, 5.41) is 3.35. The molecule has 0 unspecified atom stereocenters. The van der Waals surface area contributed by atoms with Crippen molar-refractivity contribution in [2.75, 3.05) is 18.4 Å². The van der Waals surface area contributed by atoms with Crippen molar-refractivity contribution < 1.29 is 4.79 Å². The van der Waals surface area contributed by atoms with Crippen molar-refractivity contribution in [3.05, 3.63) is 130 Å². The molecule has 0 aliphatic carbocycles. The van der Waals surface area contributed by atoms with Crippen LogP contribution in [0.1, 0.15) is 24.4 Å². The lowest BCUT2D eigenvalue weighted by atomic mass is 9.97. The summed E-state index contributed by atoms with van der Waals surface area (Å²) in [6, 6.07) is 27.8. The molecule has 0 radical (unpaired) electrons. The van der Waals surface area contributed by atoms with Crippen LogP contribution < -0.4 is 16.6 Å². The molecule has 0 saturated carbocycles. The number of likely N-dealkylation sites (tertiary alicyclic amines) is 1. The van der Waals surface area contributed by atoms with Crippen LogP contribution in [0.5, 0.6) is 0 Å². The van der Waals surface area contributed by atoms with Crippen LogP contribution in [0.15, 0.2) is 113 Å². The fraction of sp³-hybridized carbons (Fsp3) is 0.167. The van der Waals surface area contributed by atoms with Crippen LogP contribution in [0.25, 0.3) is 44.3 Å². The lowest BCUT2D eigenvalue weighted by Crippen LogP contribution is -2.36. The highest BCUT2D eigenvalue weighted by Gasteiger charge is 2.24. The molecule has 0 atom stereocenters. The molecule has 9 heteroatoms. The van der Waals surface area contributed by atoms with E-state index in [1.54, 1.807) is 12.3 Å². The van der Waals surface area contributed by atoms with Crippen LogP contribution in [0, 0.1) is 0 Å². The summed E-state index contributed by atoms with van der Waals surface area (Å²) in [4.78, 5) is 50.3. The summed E-state index contributed by atoms with van der Waals surface area (Å²) < 4.78 is 1.83. The maximum Gasteiger partial charge on any atom is 0.326 e. The van der Waals surface area contributed by atoms with Gasteiger partial charge >= 0.3 is 5.69 Å². The number of pyridine rings is 2. The summed E-state index contributed by atoms with van der Waals surface area (Å²) in [6.45, 7) is 6.03. The smallest absolute Gasteiger partial charge is 0.326 e. The van der Waals surface area contributed by atoms with E-state index in [0.717, 1.165) is 65.9 Å². The average Bonchev–Trinajstić information content (AvgIpc) is 3.40. The first-order valence-electron chi connectivity index (χ1n) is 15.0. The lowest BCUT2D eigenvalue weighted by Gasteiger charge is -2.32. The Kier molecular flexibility index (Phi) is 7.44. The van der Waals surface area contributed by atoms with E-state index in [0.29, 0.717) is 16.6 Å². The Morgan fingerprint density at radius 1 is 0.956 bits per heavy atom. The van der Waals surface area contributed by atoms with Gasteiger partial charge in [-0.15, -0.1) is 0 Å². The third-order valence-corrected chi connectivity index (χ3v) is 8.56. The van der Waals surface area contributed by atoms with Gasteiger partial charge in [0.2, 0.25) is 5.91 Å². The number of aromatic amines is 2. The number of carbonyl (C=O) groups is 1. The molecule has 0 bridgehead atoms. The first-order valence-corrected chi connectivity index (χ1v) is 15.0. The standard InChI is InChI=1S/C36H32N6O3/c1-2-33(43)38-26-12-13-31-32(20-26)42(36(45)40-31)27-15-18-41(19-16-27)22-23-8-10-25(11-9-23)34-28(24-6-4-3-5-7-24)21-29-30(39-34)14-17-37-35(29)44/h2-14,17,20-21,27H,1,15-16,18-19,22H2,(H,37,44)(H,38,43)(H,40,45). The topological polar surface area (TPSA) is 116 Å². The van der Waals surface area contributed by atoms with E-state index in [1.807, 2.05) is 59.2 Å². The van der Waals surface area contributed by atoms with Crippen LogP contribution in [0.2, 0.25) is 0 Å². The Morgan fingerprint density at radius 2 is 1.73 bits per heavy atom. The van der Waals surface area contributed by atoms with Gasteiger partial charge in [0.15, 0.2) is 0 Å². The van der Waals surface area contributed by atoms with Gasteiger partial charge in [-0.25, -0.2) is 9.78 Å². The molecular weight excluding hydrogens is 564 g/mol. The number of piperidine rings is 1. The number of fused-ring (bicyclic) bond motifs is 2. The van der Waals surface area contributed by atoms with Crippen LogP contribution in [0.4, 0.5) is 5.69 Å². The first-order chi connectivity index (χ1) is 22.0. The molecule has 9 nitrogen and oxygen atoms in total. The third kappa shape index (κ3) is 5.61. The second kappa shape index (κ2) is 11.9. The number of anilines is 1. The molecule has 1 amide bonds. The minimum absolute atomic E-state index is 0.0675. The van der Waals surface area contributed by atoms with E-state index in [1.165, 1.54) is 11.6 Å². The zero-order chi connectivity index (χ0) is 30.9. The SMILES string of the molecule is C=CC(=O)Nc1ccc2[nH]c(=O)n(C3CCN(Cc4ccc(-c5nc6cc[nH]c(=O)c6cc5-c5ccccc5)cc4)CC3)c2c1. The summed E-state index contributed by atoms with van der Waals surface area (Å²) in [5.41, 5.74) is 7.48. The van der Waals surface area contributed by atoms with E-state index in [9.17, 15) is 14.4 Å². The zero-order valence-corrected chi connectivity index (χ0v) is 24.6. The van der Waals surface area contributed by atoms with E-state index in [4.69, 9.17) is 4.98 Å². The summed E-state index contributed by atoms with van der Waals surface area (Å²) in [7, 11) is 0. The molecule has 6 aromatic rings. The van der Waals surface area contributed by atoms with Gasteiger partial charge in [0.25, 0.3) is 5.56 Å². The van der Waals surface area contributed by atoms with Crippen molar-refractivity contribution in [2.24, 2.45) is 0 Å². The molecule has 0 spiro atoms. The first kappa shape index (κ1) is 28.2. The molecule has 7 rings (SSSR count). The molecule has 1 saturated heterocycles. The second-order valence-electron chi connectivity index (χ2n) is 11.4. The number of benzene rings is 3. The van der Waals surface area contributed by atoms with Gasteiger partial charge in [-0.3, -0.25) is 19.1 Å². The Labute approximate surface area is 258 Å². The van der Waals surface area contributed by atoms with E-state index < -0.39 is 0 Å². The van der Waals surface area contributed by atoms with Gasteiger partial charge in [-0.1, -0.05) is 61.2 Å². The number of amides is 1. The predicted molar refractivity (Wildman–Crippen MR) is 178 cm³/mol. The fourth-order valence-corrected chi connectivity index (χ4v) is 6.29. The van der Waals surface area contributed by atoms with Crippen molar-refractivity contribution in [1.82, 2.24) is 24.4 Å². The Bertz CT molecular complexity index is 2150. The third-order valence-electron chi connectivity index (χ3n) is 8.56. The Morgan fingerprint density at radius 3 is 2.49 bits per heavy atom. The van der Waals surface area contributed by atoms with Gasteiger partial charge in [-0.05, 0) is 60.4 Å². The van der Waals surface area contributed by atoms with E-state index in [-0.39, 0.29) is 23.2 Å². The normalized spacial score (nSPS) is 14.1. The Balaban J connectivity index is 1.08. The van der Waals surface area contributed by atoms with Gasteiger partial charge in [0.05, 0.1) is 27.6 Å².